The van der Waals surface area contributed by atoms with E-state index in [0.29, 0.717) is 6.54 Å². The summed E-state index contributed by atoms with van der Waals surface area (Å²) in [6, 6.07) is -0.389. The van der Waals surface area contributed by atoms with Gasteiger partial charge in [0.15, 0.2) is 0 Å². The van der Waals surface area contributed by atoms with Crippen LogP contribution >= 0.6 is 0 Å². The van der Waals surface area contributed by atoms with Gasteiger partial charge in [0.05, 0.1) is 6.04 Å². The summed E-state index contributed by atoms with van der Waals surface area (Å²) in [5.74, 6) is -0.257. The third kappa shape index (κ3) is 6.59. The van der Waals surface area contributed by atoms with Crippen LogP contribution in [-0.4, -0.2) is 30.4 Å². The molecule has 0 radical (unpaired) electrons. The predicted molar refractivity (Wildman–Crippen MR) is 73.0 cm³/mol. The van der Waals surface area contributed by atoms with Crippen molar-refractivity contribution in [3.05, 3.63) is 0 Å². The number of hydrogen-bond donors (Lipinski definition) is 3. The molecular formula is C13H27N3O2. The van der Waals surface area contributed by atoms with Gasteiger partial charge in [-0.1, -0.05) is 27.7 Å². The highest BCUT2D eigenvalue weighted by molar-refractivity contribution is 5.83. The quantitative estimate of drug-likeness (QED) is 0.657. The minimum atomic E-state index is -0.560. The summed E-state index contributed by atoms with van der Waals surface area (Å²) in [5.41, 5.74) is 5.53. The fourth-order valence-electron chi connectivity index (χ4n) is 1.25. The Bertz CT molecular complexity index is 284. The molecule has 5 nitrogen and oxygen atoms in total. The fourth-order valence-corrected chi connectivity index (χ4v) is 1.25. The van der Waals surface area contributed by atoms with E-state index in [1.165, 1.54) is 0 Å². The van der Waals surface area contributed by atoms with Gasteiger partial charge in [0.1, 0.15) is 0 Å². The van der Waals surface area contributed by atoms with Crippen molar-refractivity contribution in [3.8, 4) is 0 Å². The SMILES string of the molecule is CCC(C)NC(=O)CCNC(=O)[C@H](N)C(C)(C)C. The van der Waals surface area contributed by atoms with Gasteiger partial charge >= 0.3 is 0 Å². The van der Waals surface area contributed by atoms with E-state index in [1.54, 1.807) is 0 Å². The first-order valence-electron chi connectivity index (χ1n) is 6.51. The number of carbonyl (C=O) groups excluding carboxylic acids is 2. The van der Waals surface area contributed by atoms with Crippen molar-refractivity contribution in [2.45, 2.75) is 59.5 Å². The van der Waals surface area contributed by atoms with E-state index in [1.807, 2.05) is 34.6 Å². The van der Waals surface area contributed by atoms with Gasteiger partial charge in [0.2, 0.25) is 11.8 Å². The van der Waals surface area contributed by atoms with Crippen molar-refractivity contribution < 1.29 is 9.59 Å². The van der Waals surface area contributed by atoms with Crippen molar-refractivity contribution in [1.82, 2.24) is 10.6 Å². The maximum absolute atomic E-state index is 11.7. The normalized spacial score (nSPS) is 14.8. The van der Waals surface area contributed by atoms with Crippen LogP contribution in [0.5, 0.6) is 0 Å². The summed E-state index contributed by atoms with van der Waals surface area (Å²) in [4.78, 5) is 23.1. The highest BCUT2D eigenvalue weighted by Crippen LogP contribution is 2.16. The highest BCUT2D eigenvalue weighted by atomic mass is 16.2. The van der Waals surface area contributed by atoms with Crippen LogP contribution < -0.4 is 16.4 Å². The lowest BCUT2D eigenvalue weighted by Crippen LogP contribution is -2.49. The molecule has 2 amide bonds. The van der Waals surface area contributed by atoms with Crippen LogP contribution in [-0.2, 0) is 9.59 Å². The molecule has 106 valence electrons. The molecule has 0 saturated heterocycles. The maximum atomic E-state index is 11.7. The summed E-state index contributed by atoms with van der Waals surface area (Å²) in [7, 11) is 0. The molecule has 0 aromatic rings. The van der Waals surface area contributed by atoms with Crippen LogP contribution in [0.4, 0.5) is 0 Å². The fraction of sp³-hybridized carbons (Fsp3) is 0.846. The molecule has 0 heterocycles. The largest absolute Gasteiger partial charge is 0.354 e. The summed E-state index contributed by atoms with van der Waals surface area (Å²) in [6.45, 7) is 10.0. The number of amides is 2. The van der Waals surface area contributed by atoms with E-state index in [4.69, 9.17) is 5.73 Å². The topological polar surface area (TPSA) is 84.2 Å². The van der Waals surface area contributed by atoms with Crippen LogP contribution in [0.2, 0.25) is 0 Å². The number of nitrogens with two attached hydrogens (primary N) is 1. The van der Waals surface area contributed by atoms with Gasteiger partial charge in [0.25, 0.3) is 0 Å². The number of rotatable bonds is 6. The van der Waals surface area contributed by atoms with Crippen LogP contribution in [0.25, 0.3) is 0 Å². The first-order chi connectivity index (χ1) is 8.18. The molecule has 0 aliphatic rings. The lowest BCUT2D eigenvalue weighted by molar-refractivity contribution is -0.125. The molecule has 0 bridgehead atoms. The minimum Gasteiger partial charge on any atom is -0.354 e. The Hall–Kier alpha value is -1.10. The van der Waals surface area contributed by atoms with Crippen LogP contribution in [0.3, 0.4) is 0 Å². The van der Waals surface area contributed by atoms with Gasteiger partial charge in [-0.05, 0) is 18.8 Å². The molecule has 0 spiro atoms. The second-order valence-corrected chi connectivity index (χ2v) is 5.76. The Balaban J connectivity index is 3.92. The Kier molecular flexibility index (Phi) is 6.91. The molecule has 0 saturated carbocycles. The Morgan fingerprint density at radius 1 is 1.28 bits per heavy atom. The second kappa shape index (κ2) is 7.36. The maximum Gasteiger partial charge on any atom is 0.237 e. The minimum absolute atomic E-state index is 0.0472. The molecule has 18 heavy (non-hydrogen) atoms. The molecule has 0 aliphatic heterocycles. The Labute approximate surface area is 110 Å². The first kappa shape index (κ1) is 16.9. The van der Waals surface area contributed by atoms with Crippen LogP contribution in [0.15, 0.2) is 0 Å². The number of carbonyl (C=O) groups is 2. The van der Waals surface area contributed by atoms with Crippen molar-refractivity contribution >= 4 is 11.8 Å². The molecular weight excluding hydrogens is 230 g/mol. The van der Waals surface area contributed by atoms with Crippen molar-refractivity contribution in [2.75, 3.05) is 6.54 Å². The third-order valence-corrected chi connectivity index (χ3v) is 2.89. The molecule has 0 aromatic heterocycles. The van der Waals surface area contributed by atoms with Gasteiger partial charge in [-0.2, -0.15) is 0 Å². The van der Waals surface area contributed by atoms with Crippen molar-refractivity contribution in [1.29, 1.82) is 0 Å². The van der Waals surface area contributed by atoms with Crippen molar-refractivity contribution in [2.24, 2.45) is 11.1 Å². The number of nitrogens with one attached hydrogen (secondary N) is 2. The lowest BCUT2D eigenvalue weighted by atomic mass is 9.87. The molecule has 0 rings (SSSR count). The monoisotopic (exact) mass is 257 g/mol. The van der Waals surface area contributed by atoms with Crippen molar-refractivity contribution in [3.63, 3.8) is 0 Å². The zero-order valence-electron chi connectivity index (χ0n) is 12.2. The zero-order valence-corrected chi connectivity index (χ0v) is 12.2. The summed E-state index contributed by atoms with van der Waals surface area (Å²) in [6.07, 6.45) is 1.18. The molecule has 2 atom stereocenters. The molecule has 0 aromatic carbocycles. The Morgan fingerprint density at radius 3 is 2.28 bits per heavy atom. The Morgan fingerprint density at radius 2 is 1.83 bits per heavy atom. The molecule has 4 N–H and O–H groups in total. The predicted octanol–water partition coefficient (Wildman–Crippen LogP) is 0.781. The first-order valence-corrected chi connectivity index (χ1v) is 6.51. The standard InChI is InChI=1S/C13H27N3O2/c1-6-9(2)16-10(17)7-8-15-12(18)11(14)13(3,4)5/h9,11H,6-8,14H2,1-5H3,(H,15,18)(H,16,17)/t9?,11-/m0/s1. The average Bonchev–Trinajstić information content (AvgIpc) is 2.26. The molecule has 0 fully saturated rings. The van der Waals surface area contributed by atoms with E-state index in [0.717, 1.165) is 6.42 Å². The third-order valence-electron chi connectivity index (χ3n) is 2.89. The molecule has 1 unspecified atom stereocenters. The highest BCUT2D eigenvalue weighted by Gasteiger charge is 2.27. The van der Waals surface area contributed by atoms with E-state index < -0.39 is 6.04 Å². The summed E-state index contributed by atoms with van der Waals surface area (Å²) >= 11 is 0. The zero-order chi connectivity index (χ0) is 14.3. The van der Waals surface area contributed by atoms with Gasteiger partial charge in [-0.25, -0.2) is 0 Å². The lowest BCUT2D eigenvalue weighted by Gasteiger charge is -2.25. The van der Waals surface area contributed by atoms with Gasteiger partial charge in [-0.3, -0.25) is 9.59 Å². The van der Waals surface area contributed by atoms with E-state index >= 15 is 0 Å². The van der Waals surface area contributed by atoms with Crippen LogP contribution in [0.1, 0.15) is 47.5 Å². The second-order valence-electron chi connectivity index (χ2n) is 5.76. The average molecular weight is 257 g/mol. The summed E-state index contributed by atoms with van der Waals surface area (Å²) < 4.78 is 0. The van der Waals surface area contributed by atoms with E-state index in [9.17, 15) is 9.59 Å². The van der Waals surface area contributed by atoms with Gasteiger partial charge < -0.3 is 16.4 Å². The summed E-state index contributed by atoms with van der Waals surface area (Å²) in [5, 5.41) is 5.53. The van der Waals surface area contributed by atoms with Gasteiger partial charge in [-0.15, -0.1) is 0 Å². The number of hydrogen-bond acceptors (Lipinski definition) is 3. The van der Waals surface area contributed by atoms with Crippen LogP contribution in [0, 0.1) is 5.41 Å². The van der Waals surface area contributed by atoms with Gasteiger partial charge in [0, 0.05) is 19.0 Å². The smallest absolute Gasteiger partial charge is 0.237 e. The molecule has 0 aliphatic carbocycles. The molecule has 5 heteroatoms. The van der Waals surface area contributed by atoms with E-state index in [2.05, 4.69) is 10.6 Å². The van der Waals surface area contributed by atoms with E-state index in [-0.39, 0.29) is 29.7 Å².